The Balaban J connectivity index is 1.48. The third-order valence-electron chi connectivity index (χ3n) is 6.52. The molecule has 1 aromatic carbocycles. The van der Waals surface area contributed by atoms with Gasteiger partial charge in [0.1, 0.15) is 11.6 Å². The molecule has 6 rings (SSSR count). The van der Waals surface area contributed by atoms with Crippen LogP contribution < -0.4 is 4.74 Å². The lowest BCUT2D eigenvalue weighted by atomic mass is 9.75. The second kappa shape index (κ2) is 6.15. The van der Waals surface area contributed by atoms with Crippen molar-refractivity contribution in [3.63, 3.8) is 0 Å². The Bertz CT molecular complexity index is 723. The number of aromatic nitrogens is 2. The number of methoxy groups -OCH3 is 1. The van der Waals surface area contributed by atoms with Crippen LogP contribution in [0.4, 0.5) is 0 Å². The molecule has 0 saturated carbocycles. The van der Waals surface area contributed by atoms with Gasteiger partial charge in [0.15, 0.2) is 0 Å². The molecule has 0 unspecified atom stereocenters. The highest BCUT2D eigenvalue weighted by Crippen LogP contribution is 2.47. The Labute approximate surface area is 149 Å². The number of ether oxygens (including phenoxy) is 1. The first-order valence-electron chi connectivity index (χ1n) is 9.44. The lowest BCUT2D eigenvalue weighted by Crippen LogP contribution is -2.60. The number of fused-ring (bicyclic) bond motifs is 2. The van der Waals surface area contributed by atoms with E-state index in [0.29, 0.717) is 18.0 Å². The van der Waals surface area contributed by atoms with Gasteiger partial charge in [0.2, 0.25) is 0 Å². The smallest absolute Gasteiger partial charge is 0.120 e. The highest BCUT2D eigenvalue weighted by atomic mass is 16.5. The van der Waals surface area contributed by atoms with Crippen LogP contribution in [0.5, 0.6) is 5.75 Å². The van der Waals surface area contributed by atoms with Gasteiger partial charge in [-0.1, -0.05) is 12.1 Å². The van der Waals surface area contributed by atoms with Crippen molar-refractivity contribution in [3.05, 3.63) is 48.0 Å². The minimum atomic E-state index is 0.554. The molecule has 2 bridgehead atoms. The van der Waals surface area contributed by atoms with Gasteiger partial charge in [-0.3, -0.25) is 9.80 Å². The number of rotatable bonds is 4. The zero-order valence-electron chi connectivity index (χ0n) is 14.8. The fourth-order valence-electron chi connectivity index (χ4n) is 5.46. The highest BCUT2D eigenvalue weighted by Gasteiger charge is 2.53. The quantitative estimate of drug-likeness (QED) is 0.930. The summed E-state index contributed by atoms with van der Waals surface area (Å²) >= 11 is 0. The minimum absolute atomic E-state index is 0.554. The van der Waals surface area contributed by atoms with Gasteiger partial charge in [-0.25, -0.2) is 4.98 Å². The summed E-state index contributed by atoms with van der Waals surface area (Å²) in [6.45, 7) is 4.57. The Morgan fingerprint density at radius 1 is 1.24 bits per heavy atom. The van der Waals surface area contributed by atoms with Crippen molar-refractivity contribution < 1.29 is 4.74 Å². The Kier molecular flexibility index (Phi) is 3.79. The van der Waals surface area contributed by atoms with Crippen molar-refractivity contribution in [2.24, 2.45) is 5.92 Å². The average Bonchev–Trinajstić information content (AvgIpc) is 3.32. The van der Waals surface area contributed by atoms with Crippen molar-refractivity contribution in [1.29, 1.82) is 0 Å². The van der Waals surface area contributed by atoms with Crippen LogP contribution >= 0.6 is 0 Å². The van der Waals surface area contributed by atoms with E-state index in [-0.39, 0.29) is 0 Å². The number of piperidine rings is 3. The first-order valence-corrected chi connectivity index (χ1v) is 9.44. The second-order valence-corrected chi connectivity index (χ2v) is 7.70. The van der Waals surface area contributed by atoms with E-state index in [1.165, 1.54) is 31.5 Å². The molecule has 4 aliphatic rings. The molecule has 5 heterocycles. The third kappa shape index (κ3) is 2.57. The maximum Gasteiger partial charge on any atom is 0.120 e. The van der Waals surface area contributed by atoms with Crippen LogP contribution in [0.25, 0.3) is 0 Å². The van der Waals surface area contributed by atoms with E-state index in [2.05, 4.69) is 38.0 Å². The molecule has 0 spiro atoms. The zero-order chi connectivity index (χ0) is 16.8. The van der Waals surface area contributed by atoms with Gasteiger partial charge in [-0.15, -0.1) is 0 Å². The van der Waals surface area contributed by atoms with Gasteiger partial charge < -0.3 is 9.72 Å². The highest BCUT2D eigenvalue weighted by molar-refractivity contribution is 5.34. The van der Waals surface area contributed by atoms with Gasteiger partial charge in [0.25, 0.3) is 0 Å². The number of nitrogens with one attached hydrogen (secondary N) is 1. The van der Waals surface area contributed by atoms with Crippen molar-refractivity contribution in [2.75, 3.05) is 26.7 Å². The van der Waals surface area contributed by atoms with E-state index in [1.54, 1.807) is 7.11 Å². The second-order valence-electron chi connectivity index (χ2n) is 7.70. The van der Waals surface area contributed by atoms with Crippen molar-refractivity contribution in [1.82, 2.24) is 19.8 Å². The minimum Gasteiger partial charge on any atom is -0.497 e. The fourth-order valence-corrected chi connectivity index (χ4v) is 5.46. The summed E-state index contributed by atoms with van der Waals surface area (Å²) in [5.74, 6) is 3.44. The predicted octanol–water partition coefficient (Wildman–Crippen LogP) is 2.48. The fraction of sp³-hybridized carbons (Fsp3) is 0.550. The largest absolute Gasteiger partial charge is 0.497 e. The van der Waals surface area contributed by atoms with Crippen molar-refractivity contribution in [2.45, 2.75) is 37.4 Å². The van der Waals surface area contributed by atoms with E-state index >= 15 is 0 Å². The number of hydrogen-bond acceptors (Lipinski definition) is 4. The summed E-state index contributed by atoms with van der Waals surface area (Å²) in [6.07, 6.45) is 6.49. The Morgan fingerprint density at radius 3 is 2.88 bits per heavy atom. The molecule has 0 aliphatic carbocycles. The molecule has 1 N–H and O–H groups in total. The molecule has 1 aromatic heterocycles. The molecule has 3 atom stereocenters. The monoisotopic (exact) mass is 338 g/mol. The van der Waals surface area contributed by atoms with E-state index < -0.39 is 0 Å². The summed E-state index contributed by atoms with van der Waals surface area (Å²) in [6, 6.07) is 9.99. The van der Waals surface area contributed by atoms with Gasteiger partial charge in [-0.05, 0) is 49.5 Å². The van der Waals surface area contributed by atoms with Gasteiger partial charge in [-0.2, -0.15) is 0 Å². The van der Waals surface area contributed by atoms with Crippen LogP contribution in [-0.4, -0.2) is 58.6 Å². The summed E-state index contributed by atoms with van der Waals surface area (Å²) < 4.78 is 5.48. The number of H-pyrrole nitrogens is 1. The molecular formula is C20H26N4O. The molecule has 2 aromatic rings. The molecule has 0 amide bonds. The number of imidazole rings is 1. The molecule has 0 radical (unpaired) electrons. The van der Waals surface area contributed by atoms with Crippen molar-refractivity contribution in [3.8, 4) is 5.75 Å². The molecule has 132 valence electrons. The van der Waals surface area contributed by atoms with Crippen LogP contribution in [0.2, 0.25) is 0 Å². The normalized spacial score (nSPS) is 34.2. The number of aromatic amines is 1. The molecule has 4 saturated heterocycles. The topological polar surface area (TPSA) is 44.4 Å². The van der Waals surface area contributed by atoms with Gasteiger partial charge in [0.05, 0.1) is 13.7 Å². The number of hydrogen-bond donors (Lipinski definition) is 1. The Hall–Kier alpha value is -1.85. The van der Waals surface area contributed by atoms with E-state index in [0.717, 1.165) is 30.6 Å². The lowest BCUT2D eigenvalue weighted by molar-refractivity contribution is -0.00924. The summed E-state index contributed by atoms with van der Waals surface area (Å²) in [4.78, 5) is 13.2. The summed E-state index contributed by atoms with van der Waals surface area (Å²) in [5, 5.41) is 0. The SMILES string of the molecule is COc1cccc([C@H]2CN(Cc3ncc[nH]3)[C@@H]3C4CCN(CC4)[C@H]23)c1. The molecule has 4 fully saturated rings. The number of nitrogens with zero attached hydrogens (tertiary/aromatic N) is 3. The van der Waals surface area contributed by atoms with Crippen LogP contribution in [0.1, 0.15) is 30.1 Å². The van der Waals surface area contributed by atoms with E-state index in [1.807, 2.05) is 18.5 Å². The van der Waals surface area contributed by atoms with Gasteiger partial charge >= 0.3 is 0 Å². The van der Waals surface area contributed by atoms with Crippen LogP contribution in [0.3, 0.4) is 0 Å². The lowest BCUT2D eigenvalue weighted by Gasteiger charge is -2.51. The number of benzene rings is 1. The molecule has 4 aliphatic heterocycles. The average molecular weight is 338 g/mol. The predicted molar refractivity (Wildman–Crippen MR) is 96.6 cm³/mol. The third-order valence-corrected chi connectivity index (χ3v) is 6.52. The molecule has 5 heteroatoms. The van der Waals surface area contributed by atoms with Crippen LogP contribution in [0, 0.1) is 5.92 Å². The van der Waals surface area contributed by atoms with E-state index in [4.69, 9.17) is 4.74 Å². The van der Waals surface area contributed by atoms with Crippen LogP contribution in [0.15, 0.2) is 36.7 Å². The summed E-state index contributed by atoms with van der Waals surface area (Å²) in [5.41, 5.74) is 1.42. The van der Waals surface area contributed by atoms with Crippen molar-refractivity contribution >= 4 is 0 Å². The standard InChI is InChI=1S/C20H26N4O/c1-25-16-4-2-3-15(11-16)17-12-24(13-18-21-7-8-22-18)19-14-5-9-23(10-6-14)20(17)19/h2-4,7-8,11,14,17,19-20H,5-6,9-10,12-13H2,1H3,(H,21,22)/t17-,19-,20-/m1/s1. The zero-order valence-corrected chi connectivity index (χ0v) is 14.8. The maximum absolute atomic E-state index is 5.48. The molecular weight excluding hydrogens is 312 g/mol. The summed E-state index contributed by atoms with van der Waals surface area (Å²) in [7, 11) is 1.76. The maximum atomic E-state index is 5.48. The van der Waals surface area contributed by atoms with Crippen LogP contribution in [-0.2, 0) is 6.54 Å². The first kappa shape index (κ1) is 15.4. The number of likely N-dealkylation sites (tertiary alicyclic amines) is 1. The van der Waals surface area contributed by atoms with E-state index in [9.17, 15) is 0 Å². The van der Waals surface area contributed by atoms with Gasteiger partial charge in [0, 0.05) is 36.9 Å². The first-order chi connectivity index (χ1) is 12.3. The Morgan fingerprint density at radius 2 is 2.12 bits per heavy atom. The molecule has 5 nitrogen and oxygen atoms in total. The molecule has 25 heavy (non-hydrogen) atoms.